The molecule has 148 valence electrons. The molecular weight excluding hydrogens is 412 g/mol. The number of nitrogens with zero attached hydrogens (tertiary/aromatic N) is 1. The molecule has 29 heavy (non-hydrogen) atoms. The van der Waals surface area contributed by atoms with Crippen LogP contribution in [0.5, 0.6) is 11.5 Å². The van der Waals surface area contributed by atoms with Gasteiger partial charge in [-0.25, -0.2) is 4.79 Å². The van der Waals surface area contributed by atoms with Gasteiger partial charge in [0.2, 0.25) is 6.79 Å². The van der Waals surface area contributed by atoms with Crippen LogP contribution in [0.15, 0.2) is 47.4 Å². The average Bonchev–Trinajstić information content (AvgIpc) is 3.30. The van der Waals surface area contributed by atoms with Crippen molar-refractivity contribution in [2.75, 3.05) is 25.9 Å². The molecule has 2 aliphatic rings. The van der Waals surface area contributed by atoms with E-state index >= 15 is 0 Å². The zero-order chi connectivity index (χ0) is 20.4. The highest BCUT2D eigenvalue weighted by atomic mass is 32.2. The largest absolute Gasteiger partial charge is 0.465 e. The molecule has 1 amide bonds. The molecule has 9 heteroatoms. The van der Waals surface area contributed by atoms with Crippen LogP contribution in [0.2, 0.25) is 0 Å². The van der Waals surface area contributed by atoms with Crippen LogP contribution >= 0.6 is 24.0 Å². The molecule has 7 nitrogen and oxygen atoms in total. The van der Waals surface area contributed by atoms with Gasteiger partial charge in [0.1, 0.15) is 4.32 Å². The first-order valence-corrected chi connectivity index (χ1v) is 9.85. The number of hydrogen-bond acceptors (Lipinski definition) is 8. The van der Waals surface area contributed by atoms with Gasteiger partial charge in [-0.1, -0.05) is 42.2 Å². The second kappa shape index (κ2) is 8.14. The maximum atomic E-state index is 12.8. The number of carbonyl (C=O) groups excluding carboxylic acids is 2. The van der Waals surface area contributed by atoms with Crippen LogP contribution in [0.4, 0.5) is 5.69 Å². The third-order valence-electron chi connectivity index (χ3n) is 4.33. The van der Waals surface area contributed by atoms with Crippen molar-refractivity contribution < 1.29 is 23.8 Å². The fraction of sp³-hybridized carbons (Fsp3) is 0.150. The van der Waals surface area contributed by atoms with E-state index in [9.17, 15) is 9.59 Å². The quantitative estimate of drug-likeness (QED) is 0.441. The number of fused-ring (bicyclic) bond motifs is 1. The van der Waals surface area contributed by atoms with Crippen LogP contribution in [0.25, 0.3) is 6.08 Å². The highest BCUT2D eigenvalue weighted by Gasteiger charge is 2.32. The lowest BCUT2D eigenvalue weighted by Gasteiger charge is -2.17. The van der Waals surface area contributed by atoms with E-state index < -0.39 is 5.97 Å². The van der Waals surface area contributed by atoms with Crippen molar-refractivity contribution in [3.05, 3.63) is 58.5 Å². The summed E-state index contributed by atoms with van der Waals surface area (Å²) in [4.78, 5) is 26.7. The van der Waals surface area contributed by atoms with Gasteiger partial charge in [0.05, 0.1) is 29.9 Å². The van der Waals surface area contributed by atoms with E-state index in [2.05, 4.69) is 5.32 Å². The van der Waals surface area contributed by atoms with E-state index in [1.807, 2.05) is 12.1 Å². The molecule has 1 fully saturated rings. The van der Waals surface area contributed by atoms with Crippen molar-refractivity contribution in [2.45, 2.75) is 0 Å². The number of anilines is 1. The van der Waals surface area contributed by atoms with Gasteiger partial charge in [-0.2, -0.15) is 0 Å². The number of hydrogen-bond donors (Lipinski definition) is 1. The van der Waals surface area contributed by atoms with Crippen LogP contribution < -0.4 is 14.8 Å². The molecule has 2 heterocycles. The Balaban J connectivity index is 1.49. The first kappa shape index (κ1) is 19.3. The lowest BCUT2D eigenvalue weighted by atomic mass is 10.2. The number of benzene rings is 2. The van der Waals surface area contributed by atoms with Crippen LogP contribution in [0.1, 0.15) is 15.9 Å². The Hall–Kier alpha value is -3.04. The highest BCUT2D eigenvalue weighted by Crippen LogP contribution is 2.36. The summed E-state index contributed by atoms with van der Waals surface area (Å²) in [6, 6.07) is 12.4. The zero-order valence-corrected chi connectivity index (χ0v) is 17.0. The van der Waals surface area contributed by atoms with E-state index in [0.717, 1.165) is 5.56 Å². The van der Waals surface area contributed by atoms with E-state index in [1.54, 1.807) is 36.4 Å². The van der Waals surface area contributed by atoms with Crippen molar-refractivity contribution in [3.8, 4) is 11.5 Å². The number of methoxy groups -OCH3 is 1. The normalized spacial score (nSPS) is 16.4. The molecular formula is C20H16N2O5S2. The molecule has 0 saturated carbocycles. The number of carbonyl (C=O) groups is 2. The van der Waals surface area contributed by atoms with Gasteiger partial charge in [-0.3, -0.25) is 9.69 Å². The molecule has 2 aliphatic heterocycles. The Labute approximate surface area is 176 Å². The fourth-order valence-corrected chi connectivity index (χ4v) is 4.14. The third-order valence-corrected chi connectivity index (χ3v) is 5.71. The van der Waals surface area contributed by atoms with Gasteiger partial charge >= 0.3 is 5.97 Å². The molecule has 0 unspecified atom stereocenters. The fourth-order valence-electron chi connectivity index (χ4n) is 2.88. The van der Waals surface area contributed by atoms with Gasteiger partial charge in [0.25, 0.3) is 5.91 Å². The van der Waals surface area contributed by atoms with Crippen molar-refractivity contribution in [1.82, 2.24) is 4.90 Å². The van der Waals surface area contributed by atoms with Crippen molar-refractivity contribution in [1.29, 1.82) is 0 Å². The first-order valence-electron chi connectivity index (χ1n) is 8.63. The van der Waals surface area contributed by atoms with Gasteiger partial charge in [-0.15, -0.1) is 0 Å². The summed E-state index contributed by atoms with van der Waals surface area (Å²) in [7, 11) is 1.32. The maximum Gasteiger partial charge on any atom is 0.339 e. The summed E-state index contributed by atoms with van der Waals surface area (Å²) in [6.07, 6.45) is 1.77. The standard InChI is InChI=1S/C20H16N2O5S2/c1-25-19(24)13-4-2-3-5-14(13)21-10-22-18(23)17(29-20(22)28)9-12-6-7-15-16(8-12)27-11-26-15/h2-9,21H,10-11H2,1H3/b17-9+. The molecule has 0 aromatic heterocycles. The van der Waals surface area contributed by atoms with Crippen LogP contribution in [-0.2, 0) is 9.53 Å². The SMILES string of the molecule is COC(=O)c1ccccc1NCN1C(=O)/C(=C\c2ccc3c(c2)OCO3)SC1=S. The topological polar surface area (TPSA) is 77.1 Å². The monoisotopic (exact) mass is 428 g/mol. The maximum absolute atomic E-state index is 12.8. The van der Waals surface area contributed by atoms with Crippen LogP contribution in [-0.4, -0.2) is 41.7 Å². The Morgan fingerprint density at radius 3 is 2.90 bits per heavy atom. The molecule has 2 aromatic rings. The Morgan fingerprint density at radius 2 is 2.07 bits per heavy atom. The highest BCUT2D eigenvalue weighted by molar-refractivity contribution is 8.26. The molecule has 2 aromatic carbocycles. The second-order valence-corrected chi connectivity index (χ2v) is 7.77. The number of thioether (sulfide) groups is 1. The predicted octanol–water partition coefficient (Wildman–Crippen LogP) is 3.47. The van der Waals surface area contributed by atoms with E-state index in [0.29, 0.717) is 32.0 Å². The first-order chi connectivity index (χ1) is 14.1. The number of thiocarbonyl (C=S) groups is 1. The van der Waals surface area contributed by atoms with Gasteiger partial charge in [0.15, 0.2) is 11.5 Å². The van der Waals surface area contributed by atoms with Gasteiger partial charge < -0.3 is 19.5 Å². The summed E-state index contributed by atoms with van der Waals surface area (Å²) >= 11 is 6.59. The summed E-state index contributed by atoms with van der Waals surface area (Å²) in [5.74, 6) is 0.667. The average molecular weight is 428 g/mol. The molecule has 1 N–H and O–H groups in total. The van der Waals surface area contributed by atoms with Crippen molar-refractivity contribution in [3.63, 3.8) is 0 Å². The molecule has 0 spiro atoms. The Bertz CT molecular complexity index is 1040. The number of rotatable bonds is 5. The van der Waals surface area contributed by atoms with E-state index in [1.165, 1.54) is 23.8 Å². The minimum absolute atomic E-state index is 0.136. The molecule has 0 bridgehead atoms. The summed E-state index contributed by atoms with van der Waals surface area (Å²) < 4.78 is 15.9. The number of nitrogens with one attached hydrogen (secondary N) is 1. The zero-order valence-electron chi connectivity index (χ0n) is 15.3. The molecule has 0 radical (unpaired) electrons. The van der Waals surface area contributed by atoms with Crippen LogP contribution in [0.3, 0.4) is 0 Å². The minimum atomic E-state index is -0.457. The lowest BCUT2D eigenvalue weighted by molar-refractivity contribution is -0.121. The molecule has 1 saturated heterocycles. The minimum Gasteiger partial charge on any atom is -0.465 e. The molecule has 0 atom stereocenters. The summed E-state index contributed by atoms with van der Waals surface area (Å²) in [5.41, 5.74) is 1.77. The molecule has 4 rings (SSSR count). The number of para-hydroxylation sites is 1. The number of ether oxygens (including phenoxy) is 3. The summed E-state index contributed by atoms with van der Waals surface area (Å²) in [6.45, 7) is 0.330. The lowest BCUT2D eigenvalue weighted by Crippen LogP contribution is -2.33. The number of esters is 1. The van der Waals surface area contributed by atoms with Crippen molar-refractivity contribution in [2.24, 2.45) is 0 Å². The second-order valence-electron chi connectivity index (χ2n) is 6.09. The van der Waals surface area contributed by atoms with Gasteiger partial charge in [0, 0.05) is 0 Å². The van der Waals surface area contributed by atoms with E-state index in [-0.39, 0.29) is 19.4 Å². The van der Waals surface area contributed by atoms with Gasteiger partial charge in [-0.05, 0) is 35.9 Å². The van der Waals surface area contributed by atoms with Crippen molar-refractivity contribution >= 4 is 51.9 Å². The number of amides is 1. The van der Waals surface area contributed by atoms with E-state index in [4.69, 9.17) is 26.4 Å². The smallest absolute Gasteiger partial charge is 0.339 e. The third kappa shape index (κ3) is 3.92. The molecule has 0 aliphatic carbocycles. The van der Waals surface area contributed by atoms with Crippen LogP contribution in [0, 0.1) is 0 Å². The Kier molecular flexibility index (Phi) is 5.41. The predicted molar refractivity (Wildman–Crippen MR) is 114 cm³/mol. The Morgan fingerprint density at radius 1 is 1.28 bits per heavy atom. The summed E-state index contributed by atoms with van der Waals surface area (Å²) in [5, 5.41) is 3.09.